The quantitative estimate of drug-likeness (QED) is 0.635. The van der Waals surface area contributed by atoms with Crippen molar-refractivity contribution in [3.05, 3.63) is 75.3 Å². The van der Waals surface area contributed by atoms with E-state index in [-0.39, 0.29) is 30.1 Å². The zero-order valence-corrected chi connectivity index (χ0v) is 17.7. The molecule has 1 aromatic heterocycles. The second-order valence-electron chi connectivity index (χ2n) is 8.12. The van der Waals surface area contributed by atoms with Crippen LogP contribution in [0.15, 0.2) is 47.3 Å². The number of aromatic amines is 1. The first-order chi connectivity index (χ1) is 14.9. The number of aryl methyl sites for hydroxylation is 2. The zero-order valence-electron chi connectivity index (χ0n) is 17.7. The van der Waals surface area contributed by atoms with Gasteiger partial charge in [0.05, 0.1) is 18.2 Å². The average molecular weight is 423 g/mol. The summed E-state index contributed by atoms with van der Waals surface area (Å²) in [6, 6.07) is 11.1. The topological polar surface area (TPSA) is 74.4 Å². The minimum absolute atomic E-state index is 0.0667. The molecule has 0 saturated carbocycles. The summed E-state index contributed by atoms with van der Waals surface area (Å²) in [6.07, 6.45) is 1.75. The van der Waals surface area contributed by atoms with Gasteiger partial charge in [-0.2, -0.15) is 0 Å². The summed E-state index contributed by atoms with van der Waals surface area (Å²) < 4.78 is 18.9. The number of anilines is 1. The molecule has 2 aromatic carbocycles. The molecular formula is C24H26FN3O3. The molecule has 1 aliphatic heterocycles. The molecule has 7 heteroatoms. The lowest BCUT2D eigenvalue weighted by Crippen LogP contribution is -2.40. The molecule has 0 aliphatic carbocycles. The Morgan fingerprint density at radius 2 is 2.00 bits per heavy atom. The van der Waals surface area contributed by atoms with E-state index in [4.69, 9.17) is 4.74 Å². The van der Waals surface area contributed by atoms with Gasteiger partial charge in [0.1, 0.15) is 5.82 Å². The lowest BCUT2D eigenvalue weighted by Gasteiger charge is -2.26. The molecule has 1 aliphatic rings. The summed E-state index contributed by atoms with van der Waals surface area (Å²) in [5.41, 5.74) is 3.69. The lowest BCUT2D eigenvalue weighted by atomic mass is 10.1. The van der Waals surface area contributed by atoms with Crippen LogP contribution in [-0.2, 0) is 11.3 Å². The van der Waals surface area contributed by atoms with Gasteiger partial charge in [-0.25, -0.2) is 9.18 Å². The second kappa shape index (κ2) is 8.89. The van der Waals surface area contributed by atoms with Crippen molar-refractivity contribution in [3.63, 3.8) is 0 Å². The van der Waals surface area contributed by atoms with Crippen molar-refractivity contribution in [1.29, 1.82) is 0 Å². The van der Waals surface area contributed by atoms with Crippen molar-refractivity contribution in [2.45, 2.75) is 39.3 Å². The summed E-state index contributed by atoms with van der Waals surface area (Å²) in [4.78, 5) is 30.3. The molecule has 1 fully saturated rings. The molecule has 2 N–H and O–H groups in total. The summed E-state index contributed by atoms with van der Waals surface area (Å²) in [7, 11) is 0. The third-order valence-electron chi connectivity index (χ3n) is 5.56. The Hall–Kier alpha value is -3.19. The van der Waals surface area contributed by atoms with Crippen LogP contribution < -0.4 is 10.9 Å². The first kappa shape index (κ1) is 21.1. The maximum atomic E-state index is 13.2. The Bertz CT molecular complexity index is 1150. The van der Waals surface area contributed by atoms with Crippen molar-refractivity contribution in [2.24, 2.45) is 0 Å². The number of aromatic nitrogens is 1. The Balaban J connectivity index is 1.62. The maximum Gasteiger partial charge on any atom is 0.322 e. The van der Waals surface area contributed by atoms with Crippen molar-refractivity contribution < 1.29 is 13.9 Å². The molecule has 2 amide bonds. The number of urea groups is 1. The van der Waals surface area contributed by atoms with Crippen molar-refractivity contribution in [3.8, 4) is 0 Å². The smallest absolute Gasteiger partial charge is 0.322 e. The molecule has 0 spiro atoms. The van der Waals surface area contributed by atoms with E-state index in [0.717, 1.165) is 34.9 Å². The van der Waals surface area contributed by atoms with Crippen LogP contribution in [0, 0.1) is 19.7 Å². The van der Waals surface area contributed by atoms with E-state index in [1.165, 1.54) is 24.3 Å². The predicted octanol–water partition coefficient (Wildman–Crippen LogP) is 4.50. The summed E-state index contributed by atoms with van der Waals surface area (Å²) in [6.45, 7) is 5.16. The molecule has 2 heterocycles. The van der Waals surface area contributed by atoms with Gasteiger partial charge in [0, 0.05) is 24.4 Å². The number of halogens is 1. The van der Waals surface area contributed by atoms with Gasteiger partial charge in [-0.3, -0.25) is 4.79 Å². The van der Waals surface area contributed by atoms with E-state index in [9.17, 15) is 14.0 Å². The molecule has 3 aromatic rings. The minimum Gasteiger partial charge on any atom is -0.376 e. The van der Waals surface area contributed by atoms with Crippen LogP contribution in [0.4, 0.5) is 14.9 Å². The monoisotopic (exact) mass is 423 g/mol. The highest BCUT2D eigenvalue weighted by molar-refractivity contribution is 5.89. The third-order valence-corrected chi connectivity index (χ3v) is 5.56. The first-order valence-corrected chi connectivity index (χ1v) is 10.5. The van der Waals surface area contributed by atoms with Gasteiger partial charge in [0.25, 0.3) is 5.56 Å². The fraction of sp³-hybridized carbons (Fsp3) is 0.333. The number of carbonyl (C=O) groups is 1. The van der Waals surface area contributed by atoms with E-state index in [1.807, 2.05) is 32.0 Å². The van der Waals surface area contributed by atoms with E-state index in [2.05, 4.69) is 10.3 Å². The number of fused-ring (bicyclic) bond motifs is 1. The molecule has 6 nitrogen and oxygen atoms in total. The number of ether oxygens (including phenoxy) is 1. The van der Waals surface area contributed by atoms with Gasteiger partial charge in [-0.1, -0.05) is 11.6 Å². The van der Waals surface area contributed by atoms with Gasteiger partial charge in [0.15, 0.2) is 0 Å². The minimum atomic E-state index is -0.373. The number of amides is 2. The number of nitrogens with zero attached hydrogens (tertiary/aromatic N) is 1. The van der Waals surface area contributed by atoms with Crippen LogP contribution >= 0.6 is 0 Å². The number of carbonyl (C=O) groups excluding carboxylic acids is 1. The Kier molecular flexibility index (Phi) is 6.04. The van der Waals surface area contributed by atoms with Crippen LogP contribution in [0.3, 0.4) is 0 Å². The lowest BCUT2D eigenvalue weighted by molar-refractivity contribution is 0.0818. The molecule has 1 atom stereocenters. The summed E-state index contributed by atoms with van der Waals surface area (Å²) >= 11 is 0. The van der Waals surface area contributed by atoms with Crippen molar-refractivity contribution in [2.75, 3.05) is 18.5 Å². The molecule has 162 valence electrons. The highest BCUT2D eigenvalue weighted by Crippen LogP contribution is 2.20. The van der Waals surface area contributed by atoms with Crippen molar-refractivity contribution >= 4 is 22.6 Å². The van der Waals surface area contributed by atoms with Gasteiger partial charge >= 0.3 is 6.03 Å². The first-order valence-electron chi connectivity index (χ1n) is 10.5. The Morgan fingerprint density at radius 1 is 1.23 bits per heavy atom. The summed E-state index contributed by atoms with van der Waals surface area (Å²) in [5, 5.41) is 3.72. The largest absolute Gasteiger partial charge is 0.376 e. The average Bonchev–Trinajstić information content (AvgIpc) is 3.23. The summed E-state index contributed by atoms with van der Waals surface area (Å²) in [5.74, 6) is -0.373. The Labute approximate surface area is 180 Å². The van der Waals surface area contributed by atoms with E-state index in [1.54, 1.807) is 4.90 Å². The van der Waals surface area contributed by atoms with Crippen LogP contribution in [0.5, 0.6) is 0 Å². The highest BCUT2D eigenvalue weighted by atomic mass is 19.1. The molecule has 31 heavy (non-hydrogen) atoms. The predicted molar refractivity (Wildman–Crippen MR) is 119 cm³/mol. The second-order valence-corrected chi connectivity index (χ2v) is 8.12. The van der Waals surface area contributed by atoms with Crippen LogP contribution in [0.25, 0.3) is 10.9 Å². The highest BCUT2D eigenvalue weighted by Gasteiger charge is 2.24. The van der Waals surface area contributed by atoms with E-state index in [0.29, 0.717) is 24.4 Å². The number of nitrogens with one attached hydrogen (secondary N) is 2. The molecule has 0 bridgehead atoms. The number of hydrogen-bond acceptors (Lipinski definition) is 3. The van der Waals surface area contributed by atoms with E-state index >= 15 is 0 Å². The molecule has 1 saturated heterocycles. The number of hydrogen-bond donors (Lipinski definition) is 2. The van der Waals surface area contributed by atoms with Crippen LogP contribution in [0.1, 0.15) is 29.5 Å². The third kappa shape index (κ3) is 4.94. The molecule has 4 rings (SSSR count). The van der Waals surface area contributed by atoms with Gasteiger partial charge < -0.3 is 19.9 Å². The van der Waals surface area contributed by atoms with E-state index < -0.39 is 0 Å². The fourth-order valence-corrected chi connectivity index (χ4v) is 4.04. The molecule has 0 unspecified atom stereocenters. The van der Waals surface area contributed by atoms with Crippen LogP contribution in [-0.4, -0.2) is 35.2 Å². The number of pyridine rings is 1. The van der Waals surface area contributed by atoms with Gasteiger partial charge in [-0.05, 0) is 74.0 Å². The van der Waals surface area contributed by atoms with Crippen LogP contribution in [0.2, 0.25) is 0 Å². The number of H-pyrrole nitrogens is 1. The Morgan fingerprint density at radius 3 is 2.71 bits per heavy atom. The van der Waals surface area contributed by atoms with Gasteiger partial charge in [0.2, 0.25) is 0 Å². The van der Waals surface area contributed by atoms with Gasteiger partial charge in [-0.15, -0.1) is 0 Å². The fourth-order valence-electron chi connectivity index (χ4n) is 4.04. The number of benzene rings is 2. The molecular weight excluding hydrogens is 397 g/mol. The number of rotatable bonds is 5. The SMILES string of the molecule is Cc1cc(C)c2[nH]c(=O)c(CN(C[C@@H]3CCCO3)C(=O)Nc3ccc(F)cc3)cc2c1. The normalized spacial score (nSPS) is 15.9. The van der Waals surface area contributed by atoms with Crippen molar-refractivity contribution in [1.82, 2.24) is 9.88 Å². The standard InChI is InChI=1S/C24H26FN3O3/c1-15-10-16(2)22-17(11-15)12-18(23(29)27-22)13-28(14-21-4-3-9-31-21)24(30)26-20-7-5-19(25)6-8-20/h5-8,10-12,21H,3-4,9,13-14H2,1-2H3,(H,26,30)(H,27,29)/t21-/m0/s1. The molecule has 0 radical (unpaired) electrons. The zero-order chi connectivity index (χ0) is 22.0. The maximum absolute atomic E-state index is 13.2.